The van der Waals surface area contributed by atoms with E-state index in [2.05, 4.69) is 20.4 Å². The van der Waals surface area contributed by atoms with Gasteiger partial charge in [-0.25, -0.2) is 4.98 Å². The second-order valence-corrected chi connectivity index (χ2v) is 8.57. The van der Waals surface area contributed by atoms with Crippen molar-refractivity contribution in [2.75, 3.05) is 13.2 Å². The topological polar surface area (TPSA) is 97.7 Å². The van der Waals surface area contributed by atoms with Gasteiger partial charge in [-0.15, -0.1) is 0 Å². The number of hydrogen-bond acceptors (Lipinski definition) is 7. The normalized spacial score (nSPS) is 18.6. The Kier molecular flexibility index (Phi) is 5.88. The van der Waals surface area contributed by atoms with E-state index in [1.807, 2.05) is 0 Å². The number of ether oxygens (including phenoxy) is 1. The van der Waals surface area contributed by atoms with Crippen molar-refractivity contribution in [1.82, 2.24) is 24.8 Å². The minimum atomic E-state index is -4.55. The SMILES string of the molecule is OC[C@@H]1C[C@H](Oc2ccc(-c3noc(-c4cn5cc(C(F)(F)F)cc(Cl)c5n4)n3)c(Cl)c2)CN1. The first kappa shape index (κ1) is 22.9. The Bertz CT molecular complexity index is 1360. The van der Waals surface area contributed by atoms with Gasteiger partial charge in [0.15, 0.2) is 5.65 Å². The Morgan fingerprint density at radius 3 is 2.71 bits per heavy atom. The van der Waals surface area contributed by atoms with E-state index in [1.54, 1.807) is 18.2 Å². The number of aromatic nitrogens is 4. The molecular formula is C21H16Cl2F3N5O3. The van der Waals surface area contributed by atoms with Gasteiger partial charge in [-0.05, 0) is 24.3 Å². The molecule has 8 nitrogen and oxygen atoms in total. The van der Waals surface area contributed by atoms with Gasteiger partial charge in [0.1, 0.15) is 17.5 Å². The molecule has 0 bridgehead atoms. The molecule has 0 spiro atoms. The first-order valence-electron chi connectivity index (χ1n) is 10.1. The van der Waals surface area contributed by atoms with Gasteiger partial charge in [-0.1, -0.05) is 28.4 Å². The Morgan fingerprint density at radius 2 is 2.00 bits per heavy atom. The second-order valence-electron chi connectivity index (χ2n) is 7.76. The van der Waals surface area contributed by atoms with Gasteiger partial charge in [0.05, 0.1) is 22.2 Å². The van der Waals surface area contributed by atoms with E-state index >= 15 is 0 Å². The smallest absolute Gasteiger partial charge is 0.417 e. The fraction of sp³-hybridized carbons (Fsp3) is 0.286. The van der Waals surface area contributed by atoms with Crippen LogP contribution in [0.25, 0.3) is 28.6 Å². The molecule has 4 aromatic rings. The highest BCUT2D eigenvalue weighted by Crippen LogP contribution is 2.34. The lowest BCUT2D eigenvalue weighted by Crippen LogP contribution is -2.25. The number of halogens is 5. The highest BCUT2D eigenvalue weighted by molar-refractivity contribution is 6.33. The van der Waals surface area contributed by atoms with Crippen LogP contribution in [-0.4, -0.2) is 49.9 Å². The lowest BCUT2D eigenvalue weighted by atomic mass is 10.2. The average molecular weight is 514 g/mol. The number of aliphatic hydroxyl groups is 1. The molecule has 2 atom stereocenters. The van der Waals surface area contributed by atoms with Crippen LogP contribution >= 0.6 is 23.2 Å². The van der Waals surface area contributed by atoms with Crippen molar-refractivity contribution in [3.8, 4) is 28.7 Å². The number of imidazole rings is 1. The molecule has 4 heterocycles. The molecule has 0 radical (unpaired) electrons. The molecule has 0 aliphatic carbocycles. The maximum Gasteiger partial charge on any atom is 0.417 e. The molecule has 5 rings (SSSR count). The lowest BCUT2D eigenvalue weighted by Gasteiger charge is -2.13. The van der Waals surface area contributed by atoms with Crippen molar-refractivity contribution in [3.63, 3.8) is 0 Å². The first-order chi connectivity index (χ1) is 16.2. The number of fused-ring (bicyclic) bond motifs is 1. The van der Waals surface area contributed by atoms with Crippen LogP contribution in [-0.2, 0) is 6.18 Å². The molecule has 0 amide bonds. The molecule has 13 heteroatoms. The summed E-state index contributed by atoms with van der Waals surface area (Å²) in [6.45, 7) is 0.661. The van der Waals surface area contributed by atoms with Crippen LogP contribution in [0.3, 0.4) is 0 Å². The van der Waals surface area contributed by atoms with Crippen LogP contribution in [0.5, 0.6) is 5.75 Å². The number of nitrogens with zero attached hydrogens (tertiary/aromatic N) is 4. The minimum absolute atomic E-state index is 0.00652. The number of rotatable bonds is 5. The summed E-state index contributed by atoms with van der Waals surface area (Å²) in [6, 6.07) is 5.83. The summed E-state index contributed by atoms with van der Waals surface area (Å²) in [4.78, 5) is 8.49. The molecule has 1 aliphatic heterocycles. The maximum absolute atomic E-state index is 13.1. The molecule has 1 saturated heterocycles. The number of pyridine rings is 1. The van der Waals surface area contributed by atoms with Crippen molar-refractivity contribution in [2.24, 2.45) is 0 Å². The van der Waals surface area contributed by atoms with E-state index in [0.29, 0.717) is 29.3 Å². The third kappa shape index (κ3) is 4.43. The van der Waals surface area contributed by atoms with E-state index in [4.69, 9.17) is 32.5 Å². The van der Waals surface area contributed by atoms with Crippen molar-refractivity contribution < 1.29 is 27.5 Å². The van der Waals surface area contributed by atoms with Crippen molar-refractivity contribution in [2.45, 2.75) is 24.7 Å². The van der Waals surface area contributed by atoms with Crippen molar-refractivity contribution in [1.29, 1.82) is 0 Å². The Hall–Kier alpha value is -2.86. The van der Waals surface area contributed by atoms with E-state index in [9.17, 15) is 18.3 Å². The zero-order valence-corrected chi connectivity index (χ0v) is 18.7. The summed E-state index contributed by atoms with van der Waals surface area (Å²) in [5, 5.41) is 16.5. The summed E-state index contributed by atoms with van der Waals surface area (Å²) in [6.07, 6.45) is -1.76. The molecule has 3 aromatic heterocycles. The van der Waals surface area contributed by atoms with Gasteiger partial charge in [0.2, 0.25) is 5.82 Å². The molecular weight excluding hydrogens is 498 g/mol. The number of hydrogen-bond donors (Lipinski definition) is 2. The van der Waals surface area contributed by atoms with Crippen molar-refractivity contribution >= 4 is 28.8 Å². The predicted octanol–water partition coefficient (Wildman–Crippen LogP) is 4.48. The molecule has 1 aromatic carbocycles. The number of nitrogens with one attached hydrogen (secondary N) is 1. The van der Waals surface area contributed by atoms with E-state index < -0.39 is 11.7 Å². The van der Waals surface area contributed by atoms with Crippen LogP contribution in [0.15, 0.2) is 41.2 Å². The summed E-state index contributed by atoms with van der Waals surface area (Å²) >= 11 is 12.4. The standard InChI is InChI=1S/C21H16Cl2F3N5O3/c22-15-5-12(33-13-4-11(9-32)27-6-13)1-2-14(15)18-29-20(34-30-18)17-8-31-7-10(21(24,25)26)3-16(23)19(31)28-17/h1-3,5,7-8,11,13,27,32H,4,6,9H2/t11-,13-/m0/s1. The van der Waals surface area contributed by atoms with E-state index in [0.717, 1.165) is 16.7 Å². The van der Waals surface area contributed by atoms with Crippen LogP contribution in [0.1, 0.15) is 12.0 Å². The third-order valence-corrected chi connectivity index (χ3v) is 5.96. The van der Waals surface area contributed by atoms with Gasteiger partial charge in [-0.2, -0.15) is 18.2 Å². The summed E-state index contributed by atoms with van der Waals surface area (Å²) < 4.78 is 51.5. The highest BCUT2D eigenvalue weighted by atomic mass is 35.5. The molecule has 34 heavy (non-hydrogen) atoms. The Balaban J connectivity index is 1.38. The average Bonchev–Trinajstić information content (AvgIpc) is 3.52. The monoisotopic (exact) mass is 513 g/mol. The fourth-order valence-electron chi connectivity index (χ4n) is 3.71. The fourth-order valence-corrected chi connectivity index (χ4v) is 4.22. The first-order valence-corrected chi connectivity index (χ1v) is 10.9. The van der Waals surface area contributed by atoms with E-state index in [1.165, 1.54) is 6.20 Å². The van der Waals surface area contributed by atoms with Crippen LogP contribution in [0, 0.1) is 0 Å². The largest absolute Gasteiger partial charge is 0.489 e. The Labute approximate surface area is 200 Å². The van der Waals surface area contributed by atoms with Gasteiger partial charge in [0, 0.05) is 37.0 Å². The van der Waals surface area contributed by atoms with Crippen molar-refractivity contribution in [3.05, 3.63) is 52.3 Å². The zero-order valence-electron chi connectivity index (χ0n) is 17.2. The predicted molar refractivity (Wildman–Crippen MR) is 117 cm³/mol. The molecule has 0 unspecified atom stereocenters. The quantitative estimate of drug-likeness (QED) is 0.406. The van der Waals surface area contributed by atoms with Gasteiger partial charge in [0.25, 0.3) is 5.89 Å². The number of benzene rings is 1. The zero-order chi connectivity index (χ0) is 24.0. The van der Waals surface area contributed by atoms with Crippen LogP contribution in [0.4, 0.5) is 13.2 Å². The van der Waals surface area contributed by atoms with Crippen LogP contribution < -0.4 is 10.1 Å². The molecule has 1 aliphatic rings. The maximum atomic E-state index is 13.1. The van der Waals surface area contributed by atoms with Gasteiger partial charge >= 0.3 is 6.18 Å². The minimum Gasteiger partial charge on any atom is -0.489 e. The number of aliphatic hydroxyl groups excluding tert-OH is 1. The second kappa shape index (κ2) is 8.73. The molecule has 2 N–H and O–H groups in total. The van der Waals surface area contributed by atoms with Crippen LogP contribution in [0.2, 0.25) is 10.0 Å². The highest BCUT2D eigenvalue weighted by Gasteiger charge is 2.32. The summed E-state index contributed by atoms with van der Waals surface area (Å²) in [7, 11) is 0. The van der Waals surface area contributed by atoms with Gasteiger partial charge < -0.3 is 24.1 Å². The Morgan fingerprint density at radius 1 is 1.18 bits per heavy atom. The van der Waals surface area contributed by atoms with E-state index in [-0.39, 0.29) is 46.8 Å². The third-order valence-electron chi connectivity index (χ3n) is 5.36. The molecule has 0 saturated carbocycles. The molecule has 178 valence electrons. The summed E-state index contributed by atoms with van der Waals surface area (Å²) in [5.74, 6) is 0.721. The van der Waals surface area contributed by atoms with Gasteiger partial charge in [-0.3, -0.25) is 0 Å². The number of alkyl halides is 3. The summed E-state index contributed by atoms with van der Waals surface area (Å²) in [5.41, 5.74) is -0.158. The lowest BCUT2D eigenvalue weighted by molar-refractivity contribution is -0.137. The molecule has 1 fully saturated rings.